The Kier molecular flexibility index (Phi) is 3.69. The summed E-state index contributed by atoms with van der Waals surface area (Å²) in [6, 6.07) is 17.5. The molecule has 0 atom stereocenters. The van der Waals surface area contributed by atoms with Gasteiger partial charge in [-0.3, -0.25) is 9.78 Å². The number of hydrogen-bond donors (Lipinski definition) is 1. The normalized spacial score (nSPS) is 10.9. The molecule has 3 rings (SSSR count). The van der Waals surface area contributed by atoms with Gasteiger partial charge in [0, 0.05) is 12.4 Å². The topological polar surface area (TPSA) is 54.4 Å². The number of pyridine rings is 1. The van der Waals surface area contributed by atoms with Crippen molar-refractivity contribution in [1.82, 2.24) is 10.4 Å². The minimum atomic E-state index is -0.278. The van der Waals surface area contributed by atoms with Crippen molar-refractivity contribution in [3.05, 3.63) is 78.1 Å². The summed E-state index contributed by atoms with van der Waals surface area (Å²) < 4.78 is 0. The molecule has 0 spiro atoms. The predicted octanol–water partition coefficient (Wildman–Crippen LogP) is 3.00. The van der Waals surface area contributed by atoms with Crippen LogP contribution in [-0.2, 0) is 0 Å². The standard InChI is InChI=1S/C17H13N3O/c21-17(16-6-3-9-18-12-16)20-19-11-13-7-8-14-4-1-2-5-15(14)10-13/h1-12H,(H,20,21)/b19-11-. The van der Waals surface area contributed by atoms with Gasteiger partial charge in [-0.1, -0.05) is 36.4 Å². The fourth-order valence-electron chi connectivity index (χ4n) is 2.02. The van der Waals surface area contributed by atoms with E-state index in [1.807, 2.05) is 36.4 Å². The zero-order valence-corrected chi connectivity index (χ0v) is 11.2. The van der Waals surface area contributed by atoms with Crippen LogP contribution in [0.2, 0.25) is 0 Å². The molecule has 1 heterocycles. The Morgan fingerprint density at radius 3 is 2.71 bits per heavy atom. The van der Waals surface area contributed by atoms with E-state index in [9.17, 15) is 4.79 Å². The molecular formula is C17H13N3O. The molecule has 0 aliphatic carbocycles. The molecule has 0 aliphatic rings. The minimum absolute atomic E-state index is 0.278. The number of rotatable bonds is 3. The number of amides is 1. The molecule has 1 amide bonds. The SMILES string of the molecule is O=C(N/N=C\c1ccc2ccccc2c1)c1cccnc1. The van der Waals surface area contributed by atoms with Crippen LogP contribution in [0.4, 0.5) is 0 Å². The third kappa shape index (κ3) is 3.12. The molecule has 3 aromatic rings. The predicted molar refractivity (Wildman–Crippen MR) is 83.2 cm³/mol. The Morgan fingerprint density at radius 1 is 1.05 bits per heavy atom. The quantitative estimate of drug-likeness (QED) is 0.590. The van der Waals surface area contributed by atoms with Crippen LogP contribution in [0.3, 0.4) is 0 Å². The van der Waals surface area contributed by atoms with E-state index in [0.717, 1.165) is 10.9 Å². The van der Waals surface area contributed by atoms with Crippen molar-refractivity contribution in [2.75, 3.05) is 0 Å². The van der Waals surface area contributed by atoms with Gasteiger partial charge in [-0.2, -0.15) is 5.10 Å². The highest BCUT2D eigenvalue weighted by Gasteiger charge is 2.02. The van der Waals surface area contributed by atoms with E-state index in [-0.39, 0.29) is 5.91 Å². The Bertz CT molecular complexity index is 797. The lowest BCUT2D eigenvalue weighted by molar-refractivity contribution is 0.0955. The summed E-state index contributed by atoms with van der Waals surface area (Å²) in [6.45, 7) is 0. The van der Waals surface area contributed by atoms with Gasteiger partial charge in [-0.05, 0) is 34.5 Å². The second kappa shape index (κ2) is 5.96. The molecule has 21 heavy (non-hydrogen) atoms. The summed E-state index contributed by atoms with van der Waals surface area (Å²) in [6.07, 6.45) is 4.75. The van der Waals surface area contributed by atoms with Gasteiger partial charge in [0.2, 0.25) is 0 Å². The number of hydrogen-bond acceptors (Lipinski definition) is 3. The van der Waals surface area contributed by atoms with Crippen molar-refractivity contribution in [2.45, 2.75) is 0 Å². The number of hydrazone groups is 1. The molecule has 0 unspecified atom stereocenters. The molecule has 2 aromatic carbocycles. The first-order chi connectivity index (χ1) is 10.3. The van der Waals surface area contributed by atoms with Crippen LogP contribution >= 0.6 is 0 Å². The Morgan fingerprint density at radius 2 is 1.90 bits per heavy atom. The maximum atomic E-state index is 11.8. The molecule has 102 valence electrons. The van der Waals surface area contributed by atoms with Crippen LogP contribution in [0, 0.1) is 0 Å². The van der Waals surface area contributed by atoms with Crippen molar-refractivity contribution in [1.29, 1.82) is 0 Å². The minimum Gasteiger partial charge on any atom is -0.267 e. The monoisotopic (exact) mass is 275 g/mol. The van der Waals surface area contributed by atoms with E-state index in [0.29, 0.717) is 5.56 Å². The van der Waals surface area contributed by atoms with Gasteiger partial charge in [0.25, 0.3) is 5.91 Å². The third-order valence-electron chi connectivity index (χ3n) is 3.08. The Balaban J connectivity index is 1.71. The zero-order valence-electron chi connectivity index (χ0n) is 11.2. The number of fused-ring (bicyclic) bond motifs is 1. The first-order valence-corrected chi connectivity index (χ1v) is 6.55. The van der Waals surface area contributed by atoms with E-state index in [1.165, 1.54) is 11.6 Å². The van der Waals surface area contributed by atoms with Gasteiger partial charge in [0.05, 0.1) is 11.8 Å². The fraction of sp³-hybridized carbons (Fsp3) is 0. The van der Waals surface area contributed by atoms with Gasteiger partial charge >= 0.3 is 0 Å². The van der Waals surface area contributed by atoms with Crippen LogP contribution in [0.25, 0.3) is 10.8 Å². The number of nitrogens with one attached hydrogen (secondary N) is 1. The van der Waals surface area contributed by atoms with Gasteiger partial charge in [0.15, 0.2) is 0 Å². The summed E-state index contributed by atoms with van der Waals surface area (Å²) in [5.41, 5.74) is 3.90. The van der Waals surface area contributed by atoms with E-state index in [1.54, 1.807) is 24.5 Å². The number of carbonyl (C=O) groups excluding carboxylic acids is 1. The van der Waals surface area contributed by atoms with Gasteiger partial charge in [0.1, 0.15) is 0 Å². The summed E-state index contributed by atoms with van der Waals surface area (Å²) in [5, 5.41) is 6.29. The van der Waals surface area contributed by atoms with Crippen LogP contribution < -0.4 is 5.43 Å². The fourth-order valence-corrected chi connectivity index (χ4v) is 2.02. The average Bonchev–Trinajstić information content (AvgIpc) is 2.55. The zero-order chi connectivity index (χ0) is 14.5. The molecule has 1 aromatic heterocycles. The molecule has 0 saturated carbocycles. The highest BCUT2D eigenvalue weighted by Crippen LogP contribution is 2.14. The third-order valence-corrected chi connectivity index (χ3v) is 3.08. The molecule has 0 aliphatic heterocycles. The maximum absolute atomic E-state index is 11.8. The van der Waals surface area contributed by atoms with Crippen molar-refractivity contribution in [2.24, 2.45) is 5.10 Å². The lowest BCUT2D eigenvalue weighted by atomic mass is 10.1. The highest BCUT2D eigenvalue weighted by atomic mass is 16.2. The second-order valence-electron chi connectivity index (χ2n) is 4.55. The number of aromatic nitrogens is 1. The maximum Gasteiger partial charge on any atom is 0.272 e. The lowest BCUT2D eigenvalue weighted by Gasteiger charge is -2.00. The van der Waals surface area contributed by atoms with Gasteiger partial charge in [-0.15, -0.1) is 0 Å². The molecule has 0 bridgehead atoms. The summed E-state index contributed by atoms with van der Waals surface area (Å²) >= 11 is 0. The average molecular weight is 275 g/mol. The van der Waals surface area contributed by atoms with E-state index < -0.39 is 0 Å². The van der Waals surface area contributed by atoms with Crippen LogP contribution in [0.1, 0.15) is 15.9 Å². The second-order valence-corrected chi connectivity index (χ2v) is 4.55. The summed E-state index contributed by atoms with van der Waals surface area (Å²) in [4.78, 5) is 15.7. The number of carbonyl (C=O) groups is 1. The Hall–Kier alpha value is -3.01. The lowest BCUT2D eigenvalue weighted by Crippen LogP contribution is -2.17. The smallest absolute Gasteiger partial charge is 0.267 e. The molecule has 4 heteroatoms. The first-order valence-electron chi connectivity index (χ1n) is 6.55. The summed E-state index contributed by atoms with van der Waals surface area (Å²) in [5.74, 6) is -0.278. The van der Waals surface area contributed by atoms with Crippen molar-refractivity contribution < 1.29 is 4.79 Å². The van der Waals surface area contributed by atoms with Crippen molar-refractivity contribution in [3.8, 4) is 0 Å². The summed E-state index contributed by atoms with van der Waals surface area (Å²) in [7, 11) is 0. The van der Waals surface area contributed by atoms with Crippen molar-refractivity contribution in [3.63, 3.8) is 0 Å². The van der Waals surface area contributed by atoms with Crippen LogP contribution in [-0.4, -0.2) is 17.1 Å². The van der Waals surface area contributed by atoms with Gasteiger partial charge < -0.3 is 0 Å². The molecule has 0 radical (unpaired) electrons. The van der Waals surface area contributed by atoms with Crippen molar-refractivity contribution >= 4 is 22.9 Å². The van der Waals surface area contributed by atoms with E-state index >= 15 is 0 Å². The largest absolute Gasteiger partial charge is 0.272 e. The number of benzene rings is 2. The molecule has 1 N–H and O–H groups in total. The molecule has 4 nitrogen and oxygen atoms in total. The van der Waals surface area contributed by atoms with Crippen LogP contribution in [0.5, 0.6) is 0 Å². The number of nitrogens with zero attached hydrogens (tertiary/aromatic N) is 2. The molecule has 0 saturated heterocycles. The van der Waals surface area contributed by atoms with E-state index in [2.05, 4.69) is 21.6 Å². The van der Waals surface area contributed by atoms with E-state index in [4.69, 9.17) is 0 Å². The molecule has 0 fully saturated rings. The Labute approximate surface area is 122 Å². The molecular weight excluding hydrogens is 262 g/mol. The van der Waals surface area contributed by atoms with Gasteiger partial charge in [-0.25, -0.2) is 5.43 Å². The highest BCUT2D eigenvalue weighted by molar-refractivity contribution is 5.95. The van der Waals surface area contributed by atoms with Crippen LogP contribution in [0.15, 0.2) is 72.1 Å². The first kappa shape index (κ1) is 13.0.